The van der Waals surface area contributed by atoms with Gasteiger partial charge in [-0.1, -0.05) is 25.2 Å². The third-order valence-corrected chi connectivity index (χ3v) is 4.92. The van der Waals surface area contributed by atoms with Crippen molar-refractivity contribution in [1.29, 1.82) is 0 Å². The molecule has 0 bridgehead atoms. The van der Waals surface area contributed by atoms with Crippen LogP contribution in [0.15, 0.2) is 42.7 Å². The van der Waals surface area contributed by atoms with Crippen LogP contribution in [0.5, 0.6) is 0 Å². The van der Waals surface area contributed by atoms with E-state index < -0.39 is 6.04 Å². The fourth-order valence-electron chi connectivity index (χ4n) is 2.43. The van der Waals surface area contributed by atoms with E-state index in [4.69, 9.17) is 0 Å². The fraction of sp³-hybridized carbons (Fsp3) is 0.316. The van der Waals surface area contributed by atoms with Gasteiger partial charge in [-0.2, -0.15) is 0 Å². The van der Waals surface area contributed by atoms with Crippen LogP contribution < -0.4 is 10.6 Å². The van der Waals surface area contributed by atoms with Gasteiger partial charge in [0.1, 0.15) is 6.04 Å². The lowest BCUT2D eigenvalue weighted by atomic mass is 10.2. The first-order valence-electron chi connectivity index (χ1n) is 8.56. The molecule has 136 valence electrons. The topological polar surface area (TPSA) is 76.0 Å². The quantitative estimate of drug-likeness (QED) is 0.700. The normalized spacial score (nSPS) is 12.3. The summed E-state index contributed by atoms with van der Waals surface area (Å²) in [5, 5.41) is 6.42. The summed E-state index contributed by atoms with van der Waals surface area (Å²) < 4.78 is 2.87. The number of hydrogen-bond acceptors (Lipinski definition) is 4. The van der Waals surface area contributed by atoms with Crippen molar-refractivity contribution in [3.8, 4) is 5.13 Å². The molecule has 2 heterocycles. The van der Waals surface area contributed by atoms with E-state index in [1.54, 1.807) is 13.0 Å². The number of aromatic nitrogens is 2. The molecule has 6 nitrogen and oxygen atoms in total. The second-order valence-corrected chi connectivity index (χ2v) is 7.61. The molecule has 3 rings (SSSR count). The molecule has 7 heteroatoms. The van der Waals surface area contributed by atoms with Crippen molar-refractivity contribution in [2.45, 2.75) is 26.8 Å². The lowest BCUT2D eigenvalue weighted by molar-refractivity contribution is -0.122. The highest BCUT2D eigenvalue weighted by Crippen LogP contribution is 2.26. The van der Waals surface area contributed by atoms with Crippen molar-refractivity contribution < 1.29 is 9.59 Å². The maximum atomic E-state index is 12.5. The largest absolute Gasteiger partial charge is 0.354 e. The second kappa shape index (κ2) is 7.70. The molecule has 0 aliphatic heterocycles. The zero-order chi connectivity index (χ0) is 18.7. The highest BCUT2D eigenvalue weighted by atomic mass is 32.1. The van der Waals surface area contributed by atoms with Crippen molar-refractivity contribution in [2.24, 2.45) is 5.92 Å². The molecule has 0 radical (unpaired) electrons. The van der Waals surface area contributed by atoms with E-state index in [1.165, 1.54) is 11.3 Å². The first kappa shape index (κ1) is 18.1. The molecule has 2 N–H and O–H groups in total. The standard InChI is InChI=1S/C19H22N4O2S/c1-12(2)11-20-17(24)13(3)21-18(25)14-6-7-15-16(10-14)26-19(22-15)23-8-4-5-9-23/h4-10,12-13H,11H2,1-3H3,(H,20,24)(H,21,25)/t13-/m0/s1. The van der Waals surface area contributed by atoms with E-state index in [0.717, 1.165) is 15.3 Å². The minimum absolute atomic E-state index is 0.180. The number of carbonyl (C=O) groups is 2. The van der Waals surface area contributed by atoms with Crippen LogP contribution in [0.3, 0.4) is 0 Å². The Hall–Kier alpha value is -2.67. The van der Waals surface area contributed by atoms with E-state index in [0.29, 0.717) is 18.0 Å². The van der Waals surface area contributed by atoms with Crippen LogP contribution in [-0.4, -0.2) is 34.0 Å². The molecule has 0 aliphatic carbocycles. The van der Waals surface area contributed by atoms with Crippen LogP contribution in [0, 0.1) is 5.92 Å². The van der Waals surface area contributed by atoms with E-state index in [-0.39, 0.29) is 11.8 Å². The average molecular weight is 370 g/mol. The first-order valence-corrected chi connectivity index (χ1v) is 9.38. The number of amides is 2. The Morgan fingerprint density at radius 2 is 1.92 bits per heavy atom. The highest BCUT2D eigenvalue weighted by Gasteiger charge is 2.17. The molecule has 26 heavy (non-hydrogen) atoms. The van der Waals surface area contributed by atoms with Gasteiger partial charge < -0.3 is 15.2 Å². The second-order valence-electron chi connectivity index (χ2n) is 6.60. The summed E-state index contributed by atoms with van der Waals surface area (Å²) in [6.45, 7) is 6.32. The average Bonchev–Trinajstić information content (AvgIpc) is 3.27. The number of fused-ring (bicyclic) bond motifs is 1. The lowest BCUT2D eigenvalue weighted by Gasteiger charge is -2.15. The molecular formula is C19H22N4O2S. The van der Waals surface area contributed by atoms with E-state index in [9.17, 15) is 9.59 Å². The minimum atomic E-state index is -0.589. The number of thiazole rings is 1. The summed E-state index contributed by atoms with van der Waals surface area (Å²) in [6, 6.07) is 8.67. The molecule has 0 unspecified atom stereocenters. The molecule has 0 aliphatic rings. The van der Waals surface area contributed by atoms with Gasteiger partial charge in [-0.15, -0.1) is 0 Å². The van der Waals surface area contributed by atoms with Crippen molar-refractivity contribution in [2.75, 3.05) is 6.54 Å². The van der Waals surface area contributed by atoms with Gasteiger partial charge in [0.25, 0.3) is 5.91 Å². The number of nitrogens with one attached hydrogen (secondary N) is 2. The van der Waals surface area contributed by atoms with E-state index in [2.05, 4.69) is 15.6 Å². The van der Waals surface area contributed by atoms with Crippen LogP contribution in [0.4, 0.5) is 0 Å². The third kappa shape index (κ3) is 4.11. The van der Waals surface area contributed by atoms with Gasteiger partial charge in [0.05, 0.1) is 10.2 Å². The number of carbonyl (C=O) groups excluding carboxylic acids is 2. The van der Waals surface area contributed by atoms with Crippen LogP contribution in [0.2, 0.25) is 0 Å². The number of hydrogen-bond donors (Lipinski definition) is 2. The Morgan fingerprint density at radius 1 is 1.19 bits per heavy atom. The van der Waals surface area contributed by atoms with Gasteiger partial charge in [-0.3, -0.25) is 9.59 Å². The summed E-state index contributed by atoms with van der Waals surface area (Å²) in [7, 11) is 0. The molecule has 0 saturated carbocycles. The number of nitrogens with zero attached hydrogens (tertiary/aromatic N) is 2. The molecule has 0 spiro atoms. The van der Waals surface area contributed by atoms with E-state index in [1.807, 2.05) is 55.1 Å². The van der Waals surface area contributed by atoms with Crippen molar-refractivity contribution >= 4 is 33.4 Å². The Balaban J connectivity index is 1.71. The zero-order valence-electron chi connectivity index (χ0n) is 15.0. The van der Waals surface area contributed by atoms with Gasteiger partial charge in [0.15, 0.2) is 5.13 Å². The van der Waals surface area contributed by atoms with Crippen LogP contribution in [0.25, 0.3) is 15.3 Å². The van der Waals surface area contributed by atoms with Crippen molar-refractivity contribution in [1.82, 2.24) is 20.2 Å². The molecule has 0 saturated heterocycles. The fourth-order valence-corrected chi connectivity index (χ4v) is 3.40. The SMILES string of the molecule is CC(C)CNC(=O)[C@H](C)NC(=O)c1ccc2nc(-n3cccc3)sc2c1. The summed E-state index contributed by atoms with van der Waals surface area (Å²) in [4.78, 5) is 29.1. The van der Waals surface area contributed by atoms with Gasteiger partial charge in [-0.25, -0.2) is 4.98 Å². The monoisotopic (exact) mass is 370 g/mol. The zero-order valence-corrected chi connectivity index (χ0v) is 15.8. The van der Waals surface area contributed by atoms with Gasteiger partial charge in [0, 0.05) is 24.5 Å². The summed E-state index contributed by atoms with van der Waals surface area (Å²) in [5.41, 5.74) is 1.36. The van der Waals surface area contributed by atoms with Gasteiger partial charge in [-0.05, 0) is 43.2 Å². The Morgan fingerprint density at radius 3 is 2.62 bits per heavy atom. The number of rotatable bonds is 6. The molecule has 3 aromatic rings. The van der Waals surface area contributed by atoms with Gasteiger partial charge >= 0.3 is 0 Å². The van der Waals surface area contributed by atoms with E-state index >= 15 is 0 Å². The predicted molar refractivity (Wildman–Crippen MR) is 104 cm³/mol. The van der Waals surface area contributed by atoms with Crippen LogP contribution in [-0.2, 0) is 4.79 Å². The van der Waals surface area contributed by atoms with Crippen molar-refractivity contribution in [3.63, 3.8) is 0 Å². The maximum Gasteiger partial charge on any atom is 0.251 e. The molecule has 1 aromatic carbocycles. The predicted octanol–water partition coefficient (Wildman–Crippen LogP) is 2.98. The molecule has 0 fully saturated rings. The smallest absolute Gasteiger partial charge is 0.251 e. The number of benzene rings is 1. The molecule has 2 aromatic heterocycles. The summed E-state index contributed by atoms with van der Waals surface area (Å²) >= 11 is 1.52. The molecule has 2 amide bonds. The molecular weight excluding hydrogens is 348 g/mol. The lowest BCUT2D eigenvalue weighted by Crippen LogP contribution is -2.45. The Bertz CT molecular complexity index is 915. The molecule has 1 atom stereocenters. The Labute approximate surface area is 156 Å². The van der Waals surface area contributed by atoms with Crippen LogP contribution in [0.1, 0.15) is 31.1 Å². The summed E-state index contributed by atoms with van der Waals surface area (Å²) in [5.74, 6) is -0.0825. The Kier molecular flexibility index (Phi) is 5.37. The van der Waals surface area contributed by atoms with Gasteiger partial charge in [0.2, 0.25) is 5.91 Å². The van der Waals surface area contributed by atoms with Crippen LogP contribution >= 0.6 is 11.3 Å². The highest BCUT2D eigenvalue weighted by molar-refractivity contribution is 7.20. The summed E-state index contributed by atoms with van der Waals surface area (Å²) in [6.07, 6.45) is 3.87. The first-order chi connectivity index (χ1) is 12.4. The van der Waals surface area contributed by atoms with Crippen molar-refractivity contribution in [3.05, 3.63) is 48.3 Å². The third-order valence-electron chi connectivity index (χ3n) is 3.89. The minimum Gasteiger partial charge on any atom is -0.354 e. The maximum absolute atomic E-state index is 12.5.